The van der Waals surface area contributed by atoms with Crippen molar-refractivity contribution >= 4 is 0 Å². The summed E-state index contributed by atoms with van der Waals surface area (Å²) in [5.74, 6) is 1.68. The number of hydrogen-bond donors (Lipinski definition) is 1. The Morgan fingerprint density at radius 2 is 1.60 bits per heavy atom. The van der Waals surface area contributed by atoms with Crippen molar-refractivity contribution in [2.45, 2.75) is 46.6 Å². The van der Waals surface area contributed by atoms with Crippen LogP contribution in [-0.2, 0) is 13.0 Å². The second kappa shape index (κ2) is 9.97. The van der Waals surface area contributed by atoms with E-state index < -0.39 is 0 Å². The van der Waals surface area contributed by atoms with E-state index in [-0.39, 0.29) is 0 Å². The van der Waals surface area contributed by atoms with Gasteiger partial charge in [-0.2, -0.15) is 5.21 Å². The van der Waals surface area contributed by atoms with E-state index in [0.717, 1.165) is 71.1 Å². The minimum absolute atomic E-state index is 0.595. The third-order valence-electron chi connectivity index (χ3n) is 6.06. The molecule has 0 spiro atoms. The molecule has 0 amide bonds. The molecule has 3 aromatic heterocycles. The van der Waals surface area contributed by atoms with Crippen molar-refractivity contribution in [3.05, 3.63) is 83.7 Å². The number of nitrogens with zero attached hydrogens (tertiary/aromatic N) is 7. The highest BCUT2D eigenvalue weighted by atomic mass is 15.5. The van der Waals surface area contributed by atoms with Crippen molar-refractivity contribution in [2.24, 2.45) is 0 Å². The fraction of sp³-hybridized carbons (Fsp3) is 0.259. The molecule has 8 heteroatoms. The Balaban J connectivity index is 1.37. The molecule has 0 aliphatic carbocycles. The number of rotatable bonds is 8. The van der Waals surface area contributed by atoms with Gasteiger partial charge in [-0.05, 0) is 42.2 Å². The molecule has 0 aliphatic heterocycles. The minimum atomic E-state index is 0.595. The molecule has 0 saturated carbocycles. The SMILES string of the molecule is CCCCc1nc(-c2nc(C)cnc2C)cn1Cc1ccc(-c2ccc(-c3nn[nH]n3)cc2)cc1. The van der Waals surface area contributed by atoms with Crippen LogP contribution in [0.2, 0.25) is 0 Å². The number of nitrogens with one attached hydrogen (secondary N) is 1. The van der Waals surface area contributed by atoms with Crippen LogP contribution in [-0.4, -0.2) is 40.1 Å². The van der Waals surface area contributed by atoms with Crippen LogP contribution in [0.4, 0.5) is 0 Å². The van der Waals surface area contributed by atoms with Crippen LogP contribution >= 0.6 is 0 Å². The van der Waals surface area contributed by atoms with Crippen molar-refractivity contribution in [2.75, 3.05) is 0 Å². The van der Waals surface area contributed by atoms with Crippen molar-refractivity contribution in [3.8, 4) is 33.9 Å². The molecule has 35 heavy (non-hydrogen) atoms. The summed E-state index contributed by atoms with van der Waals surface area (Å²) in [6, 6.07) is 16.9. The van der Waals surface area contributed by atoms with E-state index in [1.165, 1.54) is 5.56 Å². The molecule has 1 N–H and O–H groups in total. The highest BCUT2D eigenvalue weighted by Gasteiger charge is 2.14. The second-order valence-corrected chi connectivity index (χ2v) is 8.73. The zero-order valence-corrected chi connectivity index (χ0v) is 20.2. The Morgan fingerprint density at radius 1 is 0.886 bits per heavy atom. The van der Waals surface area contributed by atoms with Crippen molar-refractivity contribution < 1.29 is 0 Å². The summed E-state index contributed by atoms with van der Waals surface area (Å²) >= 11 is 0. The molecule has 0 unspecified atom stereocenters. The first-order chi connectivity index (χ1) is 17.1. The van der Waals surface area contributed by atoms with E-state index in [2.05, 4.69) is 79.7 Å². The van der Waals surface area contributed by atoms with Gasteiger partial charge in [0, 0.05) is 30.9 Å². The fourth-order valence-corrected chi connectivity index (χ4v) is 4.11. The molecule has 2 aromatic carbocycles. The zero-order chi connectivity index (χ0) is 24.2. The molecule has 5 aromatic rings. The molecular formula is C27H28N8. The molecule has 0 fully saturated rings. The predicted molar refractivity (Wildman–Crippen MR) is 135 cm³/mol. The topological polar surface area (TPSA) is 98.1 Å². The van der Waals surface area contributed by atoms with E-state index in [1.54, 1.807) is 6.20 Å². The average Bonchev–Trinajstić information content (AvgIpc) is 3.56. The number of aromatic amines is 1. The average molecular weight is 465 g/mol. The minimum Gasteiger partial charge on any atom is -0.330 e. The van der Waals surface area contributed by atoms with Gasteiger partial charge < -0.3 is 4.57 Å². The van der Waals surface area contributed by atoms with Gasteiger partial charge in [0.2, 0.25) is 5.82 Å². The highest BCUT2D eigenvalue weighted by molar-refractivity contribution is 5.67. The Morgan fingerprint density at radius 3 is 2.29 bits per heavy atom. The van der Waals surface area contributed by atoms with Gasteiger partial charge in [0.05, 0.1) is 11.4 Å². The van der Waals surface area contributed by atoms with Crippen LogP contribution in [0, 0.1) is 13.8 Å². The van der Waals surface area contributed by atoms with Gasteiger partial charge in [-0.15, -0.1) is 10.2 Å². The van der Waals surface area contributed by atoms with Gasteiger partial charge >= 0.3 is 0 Å². The lowest BCUT2D eigenvalue weighted by molar-refractivity contribution is 0.678. The van der Waals surface area contributed by atoms with Crippen LogP contribution in [0.15, 0.2) is 60.9 Å². The number of tetrazole rings is 1. The molecule has 0 radical (unpaired) electrons. The van der Waals surface area contributed by atoms with Gasteiger partial charge in [-0.3, -0.25) is 4.98 Å². The number of unbranched alkanes of at least 4 members (excludes halogenated alkanes) is 1. The maximum absolute atomic E-state index is 4.95. The molecule has 0 bridgehead atoms. The number of imidazole rings is 1. The quantitative estimate of drug-likeness (QED) is 0.339. The van der Waals surface area contributed by atoms with Crippen LogP contribution in [0.25, 0.3) is 33.9 Å². The van der Waals surface area contributed by atoms with Crippen LogP contribution in [0.1, 0.15) is 42.5 Å². The van der Waals surface area contributed by atoms with E-state index >= 15 is 0 Å². The number of hydrogen-bond acceptors (Lipinski definition) is 6. The Labute approximate surface area is 204 Å². The summed E-state index contributed by atoms with van der Waals surface area (Å²) in [4.78, 5) is 14.1. The molecule has 5 rings (SSSR count). The van der Waals surface area contributed by atoms with E-state index in [1.807, 2.05) is 26.0 Å². The van der Waals surface area contributed by atoms with Gasteiger partial charge in [0.15, 0.2) is 0 Å². The monoisotopic (exact) mass is 464 g/mol. The van der Waals surface area contributed by atoms with Gasteiger partial charge in [-0.1, -0.05) is 61.9 Å². The zero-order valence-electron chi connectivity index (χ0n) is 20.2. The summed E-state index contributed by atoms with van der Waals surface area (Å²) < 4.78 is 2.25. The highest BCUT2D eigenvalue weighted by Crippen LogP contribution is 2.25. The van der Waals surface area contributed by atoms with Crippen LogP contribution in [0.5, 0.6) is 0 Å². The first kappa shape index (κ1) is 22.6. The van der Waals surface area contributed by atoms with E-state index in [4.69, 9.17) is 9.97 Å². The van der Waals surface area contributed by atoms with Crippen LogP contribution < -0.4 is 0 Å². The predicted octanol–water partition coefficient (Wildman–Crippen LogP) is 5.19. The fourth-order valence-electron chi connectivity index (χ4n) is 4.11. The third-order valence-corrected chi connectivity index (χ3v) is 6.06. The number of aromatic nitrogens is 8. The summed E-state index contributed by atoms with van der Waals surface area (Å²) in [5.41, 5.74) is 8.02. The van der Waals surface area contributed by atoms with Gasteiger partial charge in [0.25, 0.3) is 0 Å². The smallest absolute Gasteiger partial charge is 0.204 e. The standard InChI is InChI=1S/C27H28N8/c1-4-5-6-25-30-24(26-19(3)28-15-18(2)29-26)17-35(25)16-20-7-9-21(10-8-20)22-11-13-23(14-12-22)27-31-33-34-32-27/h7-15,17H,4-6,16H2,1-3H3,(H,31,32,33,34). The molecule has 0 atom stereocenters. The first-order valence-corrected chi connectivity index (χ1v) is 11.9. The molecule has 176 valence electrons. The molecular weight excluding hydrogens is 436 g/mol. The molecule has 8 nitrogen and oxygen atoms in total. The van der Waals surface area contributed by atoms with E-state index in [9.17, 15) is 0 Å². The maximum atomic E-state index is 4.95. The lowest BCUT2D eigenvalue weighted by Gasteiger charge is -2.09. The van der Waals surface area contributed by atoms with Crippen LogP contribution in [0.3, 0.4) is 0 Å². The normalized spacial score (nSPS) is 11.2. The number of H-pyrrole nitrogens is 1. The first-order valence-electron chi connectivity index (χ1n) is 11.9. The maximum Gasteiger partial charge on any atom is 0.204 e. The lowest BCUT2D eigenvalue weighted by Crippen LogP contribution is -2.04. The Kier molecular flexibility index (Phi) is 6.43. The Hall–Kier alpha value is -4.20. The molecule has 0 aliphatic rings. The Bertz CT molecular complexity index is 1400. The summed E-state index contributed by atoms with van der Waals surface area (Å²) in [5, 5.41) is 14.2. The van der Waals surface area contributed by atoms with Crippen molar-refractivity contribution in [1.29, 1.82) is 0 Å². The van der Waals surface area contributed by atoms with Crippen molar-refractivity contribution in [3.63, 3.8) is 0 Å². The third kappa shape index (κ3) is 5.01. The largest absolute Gasteiger partial charge is 0.330 e. The molecule has 0 saturated heterocycles. The number of aryl methyl sites for hydroxylation is 3. The summed E-state index contributed by atoms with van der Waals surface area (Å²) in [6.07, 6.45) is 7.10. The van der Waals surface area contributed by atoms with Gasteiger partial charge in [0.1, 0.15) is 17.2 Å². The summed E-state index contributed by atoms with van der Waals surface area (Å²) in [6.45, 7) is 6.92. The van der Waals surface area contributed by atoms with Crippen molar-refractivity contribution in [1.82, 2.24) is 40.1 Å². The van der Waals surface area contributed by atoms with E-state index in [0.29, 0.717) is 5.82 Å². The summed E-state index contributed by atoms with van der Waals surface area (Å²) in [7, 11) is 0. The molecule has 3 heterocycles. The number of benzene rings is 2. The van der Waals surface area contributed by atoms with Gasteiger partial charge in [-0.25, -0.2) is 9.97 Å². The second-order valence-electron chi connectivity index (χ2n) is 8.73. The lowest BCUT2D eigenvalue weighted by atomic mass is 10.0.